The highest BCUT2D eigenvalue weighted by Gasteiger charge is 2.17. The molecular formula is C16H15BrFNO2. The van der Waals surface area contributed by atoms with Gasteiger partial charge in [-0.05, 0) is 23.8 Å². The minimum atomic E-state index is -0.596. The molecule has 3 nitrogen and oxygen atoms in total. The number of ether oxygens (including phenoxy) is 1. The molecule has 0 radical (unpaired) electrons. The summed E-state index contributed by atoms with van der Waals surface area (Å²) in [7, 11) is 0. The molecule has 0 atom stereocenters. The first-order valence-electron chi connectivity index (χ1n) is 6.76. The molecule has 5 heteroatoms. The van der Waals surface area contributed by atoms with E-state index in [1.807, 2.05) is 6.07 Å². The van der Waals surface area contributed by atoms with Crippen LogP contribution in [0.3, 0.4) is 0 Å². The van der Waals surface area contributed by atoms with E-state index in [0.717, 1.165) is 22.2 Å². The first-order valence-corrected chi connectivity index (χ1v) is 7.55. The number of nitrogens with one attached hydrogen (secondary N) is 1. The molecule has 0 aromatic heterocycles. The molecule has 2 N–H and O–H groups in total. The molecule has 0 saturated heterocycles. The van der Waals surface area contributed by atoms with Crippen molar-refractivity contribution in [1.82, 2.24) is 5.32 Å². The van der Waals surface area contributed by atoms with Crippen molar-refractivity contribution >= 4 is 15.9 Å². The van der Waals surface area contributed by atoms with E-state index >= 15 is 0 Å². The summed E-state index contributed by atoms with van der Waals surface area (Å²) in [6.45, 7) is 1.70. The maximum atomic E-state index is 13.3. The molecule has 0 aliphatic carbocycles. The Hall–Kier alpha value is -1.59. The standard InChI is InChI=1S/C16H15BrFNO2/c17-13-6-10-4-5-21-16(10)12(7-13)9-19-8-11-2-1-3-14(18)15(11)20/h1-3,6-7,19-20H,4-5,8-9H2. The Bertz CT molecular complexity index is 676. The van der Waals surface area contributed by atoms with Crippen LogP contribution in [0.15, 0.2) is 34.8 Å². The number of hydrogen-bond donors (Lipinski definition) is 2. The third kappa shape index (κ3) is 3.04. The summed E-state index contributed by atoms with van der Waals surface area (Å²) >= 11 is 3.50. The summed E-state index contributed by atoms with van der Waals surface area (Å²) in [6.07, 6.45) is 0.923. The Labute approximate surface area is 130 Å². The van der Waals surface area contributed by atoms with Crippen LogP contribution in [-0.2, 0) is 19.5 Å². The second-order valence-electron chi connectivity index (χ2n) is 5.00. The molecule has 0 unspecified atom stereocenters. The first-order chi connectivity index (χ1) is 10.1. The van der Waals surface area contributed by atoms with Crippen LogP contribution < -0.4 is 10.1 Å². The molecule has 1 aliphatic heterocycles. The summed E-state index contributed by atoms with van der Waals surface area (Å²) in [5.74, 6) is 0.0517. The predicted molar refractivity (Wildman–Crippen MR) is 81.9 cm³/mol. The molecule has 0 amide bonds. The maximum absolute atomic E-state index is 13.3. The van der Waals surface area contributed by atoms with E-state index in [1.165, 1.54) is 11.6 Å². The largest absolute Gasteiger partial charge is 0.505 e. The van der Waals surface area contributed by atoms with E-state index in [0.29, 0.717) is 25.3 Å². The van der Waals surface area contributed by atoms with Gasteiger partial charge < -0.3 is 15.2 Å². The maximum Gasteiger partial charge on any atom is 0.165 e. The lowest BCUT2D eigenvalue weighted by Gasteiger charge is -2.11. The zero-order chi connectivity index (χ0) is 14.8. The van der Waals surface area contributed by atoms with E-state index in [2.05, 4.69) is 27.3 Å². The molecule has 0 fully saturated rings. The molecule has 0 bridgehead atoms. The second-order valence-corrected chi connectivity index (χ2v) is 5.92. The van der Waals surface area contributed by atoms with Crippen molar-refractivity contribution in [1.29, 1.82) is 0 Å². The number of fused-ring (bicyclic) bond motifs is 1. The minimum absolute atomic E-state index is 0.291. The molecule has 110 valence electrons. The van der Waals surface area contributed by atoms with Crippen LogP contribution in [0.5, 0.6) is 11.5 Å². The zero-order valence-corrected chi connectivity index (χ0v) is 12.9. The van der Waals surface area contributed by atoms with Crippen molar-refractivity contribution in [2.75, 3.05) is 6.61 Å². The van der Waals surface area contributed by atoms with Gasteiger partial charge in [0.2, 0.25) is 0 Å². The van der Waals surface area contributed by atoms with Crippen molar-refractivity contribution in [3.63, 3.8) is 0 Å². The summed E-state index contributed by atoms with van der Waals surface area (Å²) in [6, 6.07) is 8.62. The summed E-state index contributed by atoms with van der Waals surface area (Å²) < 4.78 is 19.9. The van der Waals surface area contributed by atoms with E-state index in [1.54, 1.807) is 12.1 Å². The van der Waals surface area contributed by atoms with Crippen molar-refractivity contribution in [2.24, 2.45) is 0 Å². The third-order valence-electron chi connectivity index (χ3n) is 3.53. The van der Waals surface area contributed by atoms with Gasteiger partial charge in [-0.2, -0.15) is 0 Å². The first kappa shape index (κ1) is 14.4. The monoisotopic (exact) mass is 351 g/mol. The number of aromatic hydroxyl groups is 1. The van der Waals surface area contributed by atoms with Crippen LogP contribution in [0.1, 0.15) is 16.7 Å². The molecule has 2 aromatic rings. The molecule has 2 aromatic carbocycles. The van der Waals surface area contributed by atoms with Crippen molar-refractivity contribution in [3.05, 3.63) is 57.3 Å². The summed E-state index contributed by atoms with van der Waals surface area (Å²) in [5, 5.41) is 12.9. The summed E-state index contributed by atoms with van der Waals surface area (Å²) in [5.41, 5.74) is 2.81. The Balaban J connectivity index is 1.70. The molecule has 3 rings (SSSR count). The number of phenolic OH excluding ortho intramolecular Hbond substituents is 1. The molecule has 0 saturated carbocycles. The number of halogens is 2. The Morgan fingerprint density at radius 2 is 2.05 bits per heavy atom. The quantitative estimate of drug-likeness (QED) is 0.885. The number of phenols is 1. The Morgan fingerprint density at radius 1 is 1.24 bits per heavy atom. The van der Waals surface area contributed by atoms with Crippen LogP contribution in [0, 0.1) is 5.82 Å². The van der Waals surface area contributed by atoms with Crippen LogP contribution in [0.4, 0.5) is 4.39 Å². The second kappa shape index (κ2) is 6.03. The van der Waals surface area contributed by atoms with Gasteiger partial charge in [-0.15, -0.1) is 0 Å². The van der Waals surface area contributed by atoms with Gasteiger partial charge in [-0.3, -0.25) is 0 Å². The van der Waals surface area contributed by atoms with Crippen LogP contribution in [-0.4, -0.2) is 11.7 Å². The van der Waals surface area contributed by atoms with E-state index in [9.17, 15) is 9.50 Å². The third-order valence-corrected chi connectivity index (χ3v) is 3.98. The van der Waals surface area contributed by atoms with Crippen LogP contribution in [0.2, 0.25) is 0 Å². The lowest BCUT2D eigenvalue weighted by atomic mass is 10.1. The highest BCUT2D eigenvalue weighted by Crippen LogP contribution is 2.33. The smallest absolute Gasteiger partial charge is 0.165 e. The Morgan fingerprint density at radius 3 is 2.90 bits per heavy atom. The molecular weight excluding hydrogens is 337 g/mol. The molecule has 21 heavy (non-hydrogen) atoms. The van der Waals surface area contributed by atoms with Crippen molar-refractivity contribution < 1.29 is 14.2 Å². The topological polar surface area (TPSA) is 41.5 Å². The molecule has 1 heterocycles. The average molecular weight is 352 g/mol. The van der Waals surface area contributed by atoms with E-state index in [-0.39, 0.29) is 5.75 Å². The van der Waals surface area contributed by atoms with Gasteiger partial charge >= 0.3 is 0 Å². The van der Waals surface area contributed by atoms with Gasteiger partial charge in [0.25, 0.3) is 0 Å². The lowest BCUT2D eigenvalue weighted by molar-refractivity contribution is 0.352. The van der Waals surface area contributed by atoms with Crippen LogP contribution in [0.25, 0.3) is 0 Å². The van der Waals surface area contributed by atoms with Crippen molar-refractivity contribution in [3.8, 4) is 11.5 Å². The molecule has 1 aliphatic rings. The summed E-state index contributed by atoms with van der Waals surface area (Å²) in [4.78, 5) is 0. The van der Waals surface area contributed by atoms with Gasteiger partial charge in [-0.1, -0.05) is 28.1 Å². The fraction of sp³-hybridized carbons (Fsp3) is 0.250. The van der Waals surface area contributed by atoms with Gasteiger partial charge in [-0.25, -0.2) is 4.39 Å². The van der Waals surface area contributed by atoms with Crippen molar-refractivity contribution in [2.45, 2.75) is 19.5 Å². The molecule has 0 spiro atoms. The van der Waals surface area contributed by atoms with Crippen LogP contribution >= 0.6 is 15.9 Å². The normalized spacial score (nSPS) is 13.0. The zero-order valence-electron chi connectivity index (χ0n) is 11.3. The van der Waals surface area contributed by atoms with Gasteiger partial charge in [0.1, 0.15) is 5.75 Å². The minimum Gasteiger partial charge on any atom is -0.505 e. The predicted octanol–water partition coefficient (Wildman–Crippen LogP) is 3.52. The Kier molecular flexibility index (Phi) is 4.12. The van der Waals surface area contributed by atoms with Gasteiger partial charge in [0, 0.05) is 35.1 Å². The average Bonchev–Trinajstić information content (AvgIpc) is 2.91. The number of rotatable bonds is 4. The highest BCUT2D eigenvalue weighted by molar-refractivity contribution is 9.10. The fourth-order valence-electron chi connectivity index (χ4n) is 2.51. The number of hydrogen-bond acceptors (Lipinski definition) is 3. The highest BCUT2D eigenvalue weighted by atomic mass is 79.9. The number of para-hydroxylation sites is 1. The number of benzene rings is 2. The van der Waals surface area contributed by atoms with E-state index < -0.39 is 5.82 Å². The van der Waals surface area contributed by atoms with E-state index in [4.69, 9.17) is 4.74 Å². The SMILES string of the molecule is Oc1c(F)cccc1CNCc1cc(Br)cc2c1OCC2. The fourth-order valence-corrected chi connectivity index (χ4v) is 3.06. The lowest BCUT2D eigenvalue weighted by Crippen LogP contribution is -2.13. The van der Waals surface area contributed by atoms with Gasteiger partial charge in [0.15, 0.2) is 11.6 Å². The van der Waals surface area contributed by atoms with Gasteiger partial charge in [0.05, 0.1) is 6.61 Å².